The van der Waals surface area contributed by atoms with E-state index in [-0.39, 0.29) is 10.8 Å². The van der Waals surface area contributed by atoms with Gasteiger partial charge in [-0.15, -0.1) is 0 Å². The van der Waals surface area contributed by atoms with Crippen LogP contribution in [0.1, 0.15) is 35.7 Å². The van der Waals surface area contributed by atoms with Gasteiger partial charge in [0, 0.05) is 19.2 Å². The lowest BCUT2D eigenvalue weighted by Crippen LogP contribution is -2.28. The zero-order chi connectivity index (χ0) is 20.0. The fourth-order valence-corrected chi connectivity index (χ4v) is 3.89. The summed E-state index contributed by atoms with van der Waals surface area (Å²) in [5.41, 5.74) is 1.51. The molecule has 0 spiro atoms. The minimum Gasteiger partial charge on any atom is -0.495 e. The van der Waals surface area contributed by atoms with Crippen LogP contribution in [-0.2, 0) is 10.0 Å². The lowest BCUT2D eigenvalue weighted by molar-refractivity contribution is 0.0952. The molecule has 0 bridgehead atoms. The van der Waals surface area contributed by atoms with Crippen molar-refractivity contribution in [2.45, 2.75) is 31.6 Å². The Morgan fingerprint density at radius 3 is 2.56 bits per heavy atom. The Labute approximate surface area is 161 Å². The average molecular weight is 391 g/mol. The van der Waals surface area contributed by atoms with Gasteiger partial charge in [-0.25, -0.2) is 8.42 Å². The zero-order valence-electron chi connectivity index (χ0n) is 16.2. The highest BCUT2D eigenvalue weighted by molar-refractivity contribution is 7.92. The summed E-state index contributed by atoms with van der Waals surface area (Å²) in [6, 6.07) is 11.5. The standard InChI is InChI=1S/C20H26N2O4S/c1-5-6-13-21-20(23)17-14-16(12-11-15(17)2)27(24,25)22(3)18-9-7-8-10-19(18)26-4/h7-12,14H,5-6,13H2,1-4H3,(H,21,23). The van der Waals surface area contributed by atoms with E-state index >= 15 is 0 Å². The molecule has 0 atom stereocenters. The molecule has 0 heterocycles. The second kappa shape index (κ2) is 8.90. The minimum absolute atomic E-state index is 0.0575. The van der Waals surface area contributed by atoms with Crippen molar-refractivity contribution in [2.24, 2.45) is 0 Å². The largest absolute Gasteiger partial charge is 0.495 e. The Morgan fingerprint density at radius 1 is 1.19 bits per heavy atom. The molecule has 0 aliphatic rings. The number of para-hydroxylation sites is 2. The molecule has 0 unspecified atom stereocenters. The highest BCUT2D eigenvalue weighted by atomic mass is 32.2. The molecule has 146 valence electrons. The predicted molar refractivity (Wildman–Crippen MR) is 107 cm³/mol. The summed E-state index contributed by atoms with van der Waals surface area (Å²) in [6.07, 6.45) is 1.84. The summed E-state index contributed by atoms with van der Waals surface area (Å²) < 4.78 is 32.6. The number of hydrogen-bond acceptors (Lipinski definition) is 4. The highest BCUT2D eigenvalue weighted by Gasteiger charge is 2.25. The second-order valence-electron chi connectivity index (χ2n) is 6.23. The van der Waals surface area contributed by atoms with Gasteiger partial charge in [0.1, 0.15) is 5.75 Å². The van der Waals surface area contributed by atoms with Crippen LogP contribution in [-0.4, -0.2) is 35.0 Å². The van der Waals surface area contributed by atoms with Crippen molar-refractivity contribution in [3.05, 3.63) is 53.6 Å². The van der Waals surface area contributed by atoms with E-state index in [1.807, 2.05) is 6.92 Å². The van der Waals surface area contributed by atoms with Gasteiger partial charge in [0.05, 0.1) is 17.7 Å². The molecule has 7 heteroatoms. The number of hydrogen-bond donors (Lipinski definition) is 1. The maximum atomic E-state index is 13.1. The Bertz CT molecular complexity index is 910. The smallest absolute Gasteiger partial charge is 0.264 e. The number of unbranched alkanes of at least 4 members (excludes halogenated alkanes) is 1. The van der Waals surface area contributed by atoms with E-state index in [1.165, 1.54) is 26.3 Å². The monoisotopic (exact) mass is 390 g/mol. The summed E-state index contributed by atoms with van der Waals surface area (Å²) in [5.74, 6) is 0.186. The van der Waals surface area contributed by atoms with Crippen LogP contribution in [0.3, 0.4) is 0 Å². The number of carbonyl (C=O) groups excluding carboxylic acids is 1. The minimum atomic E-state index is -3.85. The molecule has 2 aromatic rings. The number of rotatable bonds is 8. The van der Waals surface area contributed by atoms with E-state index in [0.717, 1.165) is 22.7 Å². The number of methoxy groups -OCH3 is 1. The van der Waals surface area contributed by atoms with Crippen LogP contribution in [0.4, 0.5) is 5.69 Å². The van der Waals surface area contributed by atoms with Gasteiger partial charge < -0.3 is 10.1 Å². The fraction of sp³-hybridized carbons (Fsp3) is 0.350. The third kappa shape index (κ3) is 4.60. The van der Waals surface area contributed by atoms with Gasteiger partial charge in [0.2, 0.25) is 0 Å². The van der Waals surface area contributed by atoms with Crippen LogP contribution in [0.2, 0.25) is 0 Å². The summed E-state index contributed by atoms with van der Waals surface area (Å²) in [7, 11) is -0.893. The maximum absolute atomic E-state index is 13.1. The van der Waals surface area contributed by atoms with E-state index in [4.69, 9.17) is 4.74 Å². The van der Waals surface area contributed by atoms with Crippen molar-refractivity contribution in [2.75, 3.05) is 25.0 Å². The summed E-state index contributed by atoms with van der Waals surface area (Å²) in [6.45, 7) is 4.39. The topological polar surface area (TPSA) is 75.7 Å². The highest BCUT2D eigenvalue weighted by Crippen LogP contribution is 2.31. The molecule has 0 aliphatic carbocycles. The van der Waals surface area contributed by atoms with Crippen molar-refractivity contribution in [1.29, 1.82) is 0 Å². The number of benzene rings is 2. The molecule has 6 nitrogen and oxygen atoms in total. The number of ether oxygens (including phenoxy) is 1. The predicted octanol–water partition coefficient (Wildman–Crippen LogP) is 3.36. The maximum Gasteiger partial charge on any atom is 0.264 e. The van der Waals surface area contributed by atoms with Crippen LogP contribution in [0.5, 0.6) is 5.75 Å². The van der Waals surface area contributed by atoms with Gasteiger partial charge in [-0.3, -0.25) is 9.10 Å². The fourth-order valence-electron chi connectivity index (χ4n) is 2.66. The molecule has 1 amide bonds. The summed E-state index contributed by atoms with van der Waals surface area (Å²) in [5, 5.41) is 2.83. The van der Waals surface area contributed by atoms with Gasteiger partial charge in [-0.2, -0.15) is 0 Å². The Morgan fingerprint density at radius 2 is 1.89 bits per heavy atom. The lowest BCUT2D eigenvalue weighted by atomic mass is 10.1. The van der Waals surface area contributed by atoms with Crippen LogP contribution in [0.25, 0.3) is 0 Å². The molecular weight excluding hydrogens is 364 g/mol. The quantitative estimate of drug-likeness (QED) is 0.701. The molecule has 2 rings (SSSR count). The van der Waals surface area contributed by atoms with Crippen molar-refractivity contribution in [3.8, 4) is 5.75 Å². The van der Waals surface area contributed by atoms with Gasteiger partial charge in [-0.05, 0) is 43.2 Å². The number of sulfonamides is 1. The number of aryl methyl sites for hydroxylation is 1. The van der Waals surface area contributed by atoms with E-state index in [9.17, 15) is 13.2 Å². The Hall–Kier alpha value is -2.54. The number of nitrogens with zero attached hydrogens (tertiary/aromatic N) is 1. The normalized spacial score (nSPS) is 11.1. The SMILES string of the molecule is CCCCNC(=O)c1cc(S(=O)(=O)N(C)c2ccccc2OC)ccc1C. The van der Waals surface area contributed by atoms with Crippen molar-refractivity contribution < 1.29 is 17.9 Å². The molecule has 2 aromatic carbocycles. The Balaban J connectivity index is 2.38. The first-order valence-electron chi connectivity index (χ1n) is 8.83. The first-order chi connectivity index (χ1) is 12.8. The van der Waals surface area contributed by atoms with Gasteiger partial charge in [0.15, 0.2) is 0 Å². The molecule has 1 N–H and O–H groups in total. The molecular formula is C20H26N2O4S. The lowest BCUT2D eigenvalue weighted by Gasteiger charge is -2.22. The van der Waals surface area contributed by atoms with Crippen molar-refractivity contribution in [3.63, 3.8) is 0 Å². The van der Waals surface area contributed by atoms with Crippen LogP contribution >= 0.6 is 0 Å². The number of carbonyl (C=O) groups is 1. The van der Waals surface area contributed by atoms with E-state index in [1.54, 1.807) is 37.3 Å². The third-order valence-electron chi connectivity index (χ3n) is 4.35. The first kappa shape index (κ1) is 20.8. The van der Waals surface area contributed by atoms with Crippen LogP contribution in [0, 0.1) is 6.92 Å². The molecule has 0 fully saturated rings. The number of amides is 1. The van der Waals surface area contributed by atoms with Crippen molar-refractivity contribution >= 4 is 21.6 Å². The summed E-state index contributed by atoms with van der Waals surface area (Å²) >= 11 is 0. The third-order valence-corrected chi connectivity index (χ3v) is 6.12. The molecule has 0 saturated carbocycles. The number of nitrogens with one attached hydrogen (secondary N) is 1. The Kier molecular flexibility index (Phi) is 6.85. The van der Waals surface area contributed by atoms with Crippen LogP contribution in [0.15, 0.2) is 47.4 Å². The molecule has 27 heavy (non-hydrogen) atoms. The van der Waals surface area contributed by atoms with Crippen LogP contribution < -0.4 is 14.4 Å². The molecule has 0 aromatic heterocycles. The molecule has 0 saturated heterocycles. The van der Waals surface area contributed by atoms with Gasteiger partial charge in [-0.1, -0.05) is 31.5 Å². The molecule has 0 aliphatic heterocycles. The summed E-state index contributed by atoms with van der Waals surface area (Å²) in [4.78, 5) is 12.5. The van der Waals surface area contributed by atoms with E-state index in [2.05, 4.69) is 5.32 Å². The van der Waals surface area contributed by atoms with E-state index < -0.39 is 10.0 Å². The number of anilines is 1. The van der Waals surface area contributed by atoms with Gasteiger partial charge in [0.25, 0.3) is 15.9 Å². The second-order valence-corrected chi connectivity index (χ2v) is 8.20. The van der Waals surface area contributed by atoms with Gasteiger partial charge >= 0.3 is 0 Å². The van der Waals surface area contributed by atoms with Crippen molar-refractivity contribution in [1.82, 2.24) is 5.32 Å². The average Bonchev–Trinajstić information content (AvgIpc) is 2.67. The first-order valence-corrected chi connectivity index (χ1v) is 10.3. The molecule has 0 radical (unpaired) electrons. The van der Waals surface area contributed by atoms with E-state index in [0.29, 0.717) is 23.5 Å². The zero-order valence-corrected chi connectivity index (χ0v) is 17.0.